The fourth-order valence-electron chi connectivity index (χ4n) is 3.23. The summed E-state index contributed by atoms with van der Waals surface area (Å²) in [4.78, 5) is 20.5. The van der Waals surface area contributed by atoms with Crippen LogP contribution in [0.3, 0.4) is 0 Å². The molecule has 0 aromatic heterocycles. The highest BCUT2D eigenvalue weighted by Crippen LogP contribution is 2.21. The lowest BCUT2D eigenvalue weighted by Gasteiger charge is -2.41. The minimum absolute atomic E-state index is 0.0982. The van der Waals surface area contributed by atoms with Crippen molar-refractivity contribution >= 4 is 6.03 Å². The SMILES string of the molecule is CN1CCN(C(=O)N2CCN(C3=C(F)CNC=C3N)CC2)CC1. The van der Waals surface area contributed by atoms with Gasteiger partial charge in [-0.15, -0.1) is 0 Å². The minimum atomic E-state index is -0.233. The van der Waals surface area contributed by atoms with Gasteiger partial charge in [0.1, 0.15) is 5.83 Å². The van der Waals surface area contributed by atoms with Gasteiger partial charge in [-0.3, -0.25) is 0 Å². The number of nitrogens with one attached hydrogen (secondary N) is 1. The number of piperazine rings is 2. The van der Waals surface area contributed by atoms with Gasteiger partial charge in [0, 0.05) is 58.6 Å². The van der Waals surface area contributed by atoms with Gasteiger partial charge < -0.3 is 30.7 Å². The molecule has 128 valence electrons. The van der Waals surface area contributed by atoms with Crippen LogP contribution in [0, 0.1) is 0 Å². The van der Waals surface area contributed by atoms with Crippen molar-refractivity contribution in [1.29, 1.82) is 0 Å². The second kappa shape index (κ2) is 6.66. The molecule has 2 saturated heterocycles. The summed E-state index contributed by atoms with van der Waals surface area (Å²) in [6.07, 6.45) is 1.64. The molecule has 3 rings (SSSR count). The van der Waals surface area contributed by atoms with Gasteiger partial charge in [-0.05, 0) is 7.05 Å². The lowest BCUT2D eigenvalue weighted by Crippen LogP contribution is -2.56. The monoisotopic (exact) mass is 324 g/mol. The molecule has 0 radical (unpaired) electrons. The topological polar surface area (TPSA) is 68.1 Å². The van der Waals surface area contributed by atoms with E-state index in [9.17, 15) is 9.18 Å². The molecule has 2 amide bonds. The van der Waals surface area contributed by atoms with Crippen molar-refractivity contribution in [2.24, 2.45) is 5.73 Å². The van der Waals surface area contributed by atoms with Gasteiger partial charge in [0.15, 0.2) is 0 Å². The second-order valence-electron chi connectivity index (χ2n) is 6.28. The predicted molar refractivity (Wildman–Crippen MR) is 86.0 cm³/mol. The van der Waals surface area contributed by atoms with Gasteiger partial charge in [0.2, 0.25) is 0 Å². The standard InChI is InChI=1S/C15H25FN6O/c1-19-2-4-21(5-3-19)15(23)22-8-6-20(7-9-22)14-12(16)10-18-11-13(14)17/h11,18H,2-10,17H2,1H3. The number of carbonyl (C=O) groups excluding carboxylic acids is 1. The first kappa shape index (κ1) is 15.9. The molecule has 3 aliphatic heterocycles. The summed E-state index contributed by atoms with van der Waals surface area (Å²) in [5.41, 5.74) is 6.80. The Labute approximate surface area is 136 Å². The molecule has 0 aliphatic carbocycles. The zero-order valence-corrected chi connectivity index (χ0v) is 13.6. The number of nitrogens with zero attached hydrogens (tertiary/aromatic N) is 4. The lowest BCUT2D eigenvalue weighted by atomic mass is 10.2. The van der Waals surface area contributed by atoms with E-state index in [0.717, 1.165) is 26.2 Å². The highest BCUT2D eigenvalue weighted by Gasteiger charge is 2.29. The van der Waals surface area contributed by atoms with E-state index in [2.05, 4.69) is 17.3 Å². The highest BCUT2D eigenvalue weighted by atomic mass is 19.1. The van der Waals surface area contributed by atoms with Crippen molar-refractivity contribution in [2.75, 3.05) is 66.0 Å². The first-order valence-corrected chi connectivity index (χ1v) is 8.11. The molecule has 0 unspecified atom stereocenters. The maximum absolute atomic E-state index is 14.0. The average molecular weight is 324 g/mol. The van der Waals surface area contributed by atoms with Crippen LogP contribution in [0.5, 0.6) is 0 Å². The molecule has 0 atom stereocenters. The quantitative estimate of drug-likeness (QED) is 0.684. The van der Waals surface area contributed by atoms with Crippen molar-refractivity contribution in [3.8, 4) is 0 Å². The lowest BCUT2D eigenvalue weighted by molar-refractivity contribution is 0.103. The molecule has 7 nitrogen and oxygen atoms in total. The fraction of sp³-hybridized carbons (Fsp3) is 0.667. The van der Waals surface area contributed by atoms with E-state index in [1.54, 1.807) is 6.20 Å². The molecule has 3 aliphatic rings. The summed E-state index contributed by atoms with van der Waals surface area (Å²) >= 11 is 0. The predicted octanol–water partition coefficient (Wildman–Crippen LogP) is -0.444. The third-order valence-corrected chi connectivity index (χ3v) is 4.69. The molecule has 3 N–H and O–H groups in total. The van der Waals surface area contributed by atoms with Crippen LogP contribution >= 0.6 is 0 Å². The third kappa shape index (κ3) is 3.36. The van der Waals surface area contributed by atoms with E-state index in [1.165, 1.54) is 0 Å². The van der Waals surface area contributed by atoms with Gasteiger partial charge in [0.05, 0.1) is 17.9 Å². The Morgan fingerprint density at radius 2 is 1.65 bits per heavy atom. The van der Waals surface area contributed by atoms with E-state index in [0.29, 0.717) is 37.6 Å². The van der Waals surface area contributed by atoms with Crippen molar-refractivity contribution in [3.05, 3.63) is 23.4 Å². The summed E-state index contributed by atoms with van der Waals surface area (Å²) < 4.78 is 14.0. The van der Waals surface area contributed by atoms with Gasteiger partial charge >= 0.3 is 6.03 Å². The Morgan fingerprint density at radius 1 is 1.09 bits per heavy atom. The molecule has 2 fully saturated rings. The molecule has 0 aromatic rings. The average Bonchev–Trinajstić information content (AvgIpc) is 2.55. The van der Waals surface area contributed by atoms with Crippen molar-refractivity contribution in [2.45, 2.75) is 0 Å². The number of rotatable bonds is 1. The Morgan fingerprint density at radius 3 is 2.22 bits per heavy atom. The number of hydrogen-bond donors (Lipinski definition) is 2. The number of carbonyl (C=O) groups is 1. The Balaban J connectivity index is 1.56. The van der Waals surface area contributed by atoms with Crippen LogP contribution in [0.25, 0.3) is 0 Å². The number of hydrogen-bond acceptors (Lipinski definition) is 5. The number of likely N-dealkylation sites (N-methyl/N-ethyl adjacent to an activating group) is 1. The van der Waals surface area contributed by atoms with Crippen LogP contribution in [0.1, 0.15) is 0 Å². The minimum Gasteiger partial charge on any atom is -0.396 e. The maximum Gasteiger partial charge on any atom is 0.320 e. The molecule has 0 aromatic carbocycles. The zero-order valence-electron chi connectivity index (χ0n) is 13.6. The Hall–Kier alpha value is -1.96. The van der Waals surface area contributed by atoms with E-state index >= 15 is 0 Å². The van der Waals surface area contributed by atoms with Crippen LogP contribution in [0.4, 0.5) is 9.18 Å². The molecular weight excluding hydrogens is 299 g/mol. The van der Waals surface area contributed by atoms with E-state index in [-0.39, 0.29) is 18.4 Å². The van der Waals surface area contributed by atoms with Crippen molar-refractivity contribution < 1.29 is 9.18 Å². The van der Waals surface area contributed by atoms with Gasteiger partial charge in [-0.2, -0.15) is 0 Å². The smallest absolute Gasteiger partial charge is 0.320 e. The molecule has 0 saturated carbocycles. The van der Waals surface area contributed by atoms with Crippen LogP contribution in [0.2, 0.25) is 0 Å². The van der Waals surface area contributed by atoms with Crippen LogP contribution < -0.4 is 11.1 Å². The summed E-state index contributed by atoms with van der Waals surface area (Å²) in [5.74, 6) is -0.233. The number of amides is 2. The number of nitrogens with two attached hydrogens (primary N) is 1. The van der Waals surface area contributed by atoms with Crippen molar-refractivity contribution in [3.63, 3.8) is 0 Å². The van der Waals surface area contributed by atoms with Gasteiger partial charge in [0.25, 0.3) is 0 Å². The van der Waals surface area contributed by atoms with E-state index in [4.69, 9.17) is 5.73 Å². The number of dihydropyridines is 1. The van der Waals surface area contributed by atoms with Crippen LogP contribution in [-0.4, -0.2) is 91.6 Å². The first-order valence-electron chi connectivity index (χ1n) is 8.11. The molecule has 8 heteroatoms. The third-order valence-electron chi connectivity index (χ3n) is 4.69. The van der Waals surface area contributed by atoms with E-state index < -0.39 is 0 Å². The maximum atomic E-state index is 14.0. The number of urea groups is 1. The molecule has 0 spiro atoms. The molecular formula is C15H25FN6O. The van der Waals surface area contributed by atoms with Crippen molar-refractivity contribution in [1.82, 2.24) is 24.9 Å². The summed E-state index contributed by atoms with van der Waals surface area (Å²) in [5, 5.41) is 2.81. The second-order valence-corrected chi connectivity index (χ2v) is 6.28. The zero-order chi connectivity index (χ0) is 16.4. The highest BCUT2D eigenvalue weighted by molar-refractivity contribution is 5.74. The largest absolute Gasteiger partial charge is 0.396 e. The van der Waals surface area contributed by atoms with Gasteiger partial charge in [-0.25, -0.2) is 9.18 Å². The molecule has 3 heterocycles. The summed E-state index contributed by atoms with van der Waals surface area (Å²) in [6, 6.07) is 0.0982. The van der Waals surface area contributed by atoms with Gasteiger partial charge in [-0.1, -0.05) is 0 Å². The molecule has 0 bridgehead atoms. The van der Waals surface area contributed by atoms with E-state index in [1.807, 2.05) is 14.7 Å². The molecule has 23 heavy (non-hydrogen) atoms. The summed E-state index contributed by atoms with van der Waals surface area (Å²) in [6.45, 7) is 5.97. The summed E-state index contributed by atoms with van der Waals surface area (Å²) in [7, 11) is 2.07. The normalized spacial score (nSPS) is 23.7. The van der Waals surface area contributed by atoms with Crippen LogP contribution in [0.15, 0.2) is 23.4 Å². The Bertz CT molecular complexity index is 518. The fourth-order valence-corrected chi connectivity index (χ4v) is 3.23. The Kier molecular flexibility index (Phi) is 4.61. The number of halogens is 1. The first-order chi connectivity index (χ1) is 11.1. The van der Waals surface area contributed by atoms with Crippen LogP contribution in [-0.2, 0) is 0 Å².